The standard InChI is InChI=1S/C26H30N2O3/c1-18-8-10-20(11-9-18)23-21-6-3-4-7-22(21)26(30)31-24(23)25(29)27-14-5-15-28-16-12-19(2)13-17-28/h3-4,6-11,19H,5,12-17H2,1-2H3,(H,27,29). The van der Waals surface area contributed by atoms with E-state index in [1.165, 1.54) is 12.8 Å². The Morgan fingerprint density at radius 2 is 1.74 bits per heavy atom. The SMILES string of the molecule is Cc1ccc(-c2c(C(=O)NCCCN3CCC(C)CC3)oc(=O)c3ccccc23)cc1. The first-order valence-corrected chi connectivity index (χ1v) is 11.2. The molecule has 31 heavy (non-hydrogen) atoms. The first-order valence-electron chi connectivity index (χ1n) is 11.2. The summed E-state index contributed by atoms with van der Waals surface area (Å²) < 4.78 is 5.55. The van der Waals surface area contributed by atoms with Crippen LogP contribution in [0.2, 0.25) is 0 Å². The molecular formula is C26H30N2O3. The fourth-order valence-electron chi connectivity index (χ4n) is 4.24. The molecule has 0 radical (unpaired) electrons. The van der Waals surface area contributed by atoms with E-state index in [1.807, 2.05) is 43.3 Å². The fraction of sp³-hybridized carbons (Fsp3) is 0.385. The van der Waals surface area contributed by atoms with E-state index in [-0.39, 0.29) is 11.7 Å². The van der Waals surface area contributed by atoms with Crippen LogP contribution in [-0.2, 0) is 0 Å². The molecule has 0 spiro atoms. The Bertz CT molecular complexity index is 1110. The number of hydrogen-bond donors (Lipinski definition) is 1. The number of fused-ring (bicyclic) bond motifs is 1. The van der Waals surface area contributed by atoms with Crippen molar-refractivity contribution < 1.29 is 9.21 Å². The Hall–Kier alpha value is -2.92. The van der Waals surface area contributed by atoms with Crippen LogP contribution in [0.3, 0.4) is 0 Å². The van der Waals surface area contributed by atoms with E-state index >= 15 is 0 Å². The lowest BCUT2D eigenvalue weighted by atomic mass is 9.97. The minimum Gasteiger partial charge on any atom is -0.416 e. The normalized spacial score (nSPS) is 15.3. The summed E-state index contributed by atoms with van der Waals surface area (Å²) in [7, 11) is 0. The Labute approximate surface area is 183 Å². The molecule has 0 atom stereocenters. The lowest BCUT2D eigenvalue weighted by Crippen LogP contribution is -2.35. The molecule has 5 nitrogen and oxygen atoms in total. The number of aryl methyl sites for hydroxylation is 1. The highest BCUT2D eigenvalue weighted by Crippen LogP contribution is 2.31. The number of amides is 1. The van der Waals surface area contributed by atoms with E-state index in [1.54, 1.807) is 12.1 Å². The topological polar surface area (TPSA) is 62.6 Å². The molecule has 162 valence electrons. The smallest absolute Gasteiger partial charge is 0.344 e. The van der Waals surface area contributed by atoms with Crippen molar-refractivity contribution in [1.82, 2.24) is 10.2 Å². The summed E-state index contributed by atoms with van der Waals surface area (Å²) >= 11 is 0. The van der Waals surface area contributed by atoms with Crippen molar-refractivity contribution in [3.05, 3.63) is 70.3 Å². The predicted molar refractivity (Wildman–Crippen MR) is 124 cm³/mol. The average molecular weight is 419 g/mol. The zero-order chi connectivity index (χ0) is 21.8. The maximum Gasteiger partial charge on any atom is 0.344 e. The molecule has 2 heterocycles. The Morgan fingerprint density at radius 3 is 2.45 bits per heavy atom. The van der Waals surface area contributed by atoms with Gasteiger partial charge in [-0.05, 0) is 63.4 Å². The predicted octanol–water partition coefficient (Wildman–Crippen LogP) is 4.62. The van der Waals surface area contributed by atoms with Crippen LogP contribution in [0.15, 0.2) is 57.7 Å². The minimum absolute atomic E-state index is 0.0827. The van der Waals surface area contributed by atoms with Gasteiger partial charge in [-0.1, -0.05) is 55.0 Å². The van der Waals surface area contributed by atoms with Gasteiger partial charge in [-0.15, -0.1) is 0 Å². The second-order valence-corrected chi connectivity index (χ2v) is 8.64. The van der Waals surface area contributed by atoms with Crippen molar-refractivity contribution in [3.63, 3.8) is 0 Å². The van der Waals surface area contributed by atoms with Crippen LogP contribution in [0.1, 0.15) is 42.3 Å². The first kappa shape index (κ1) is 21.3. The molecule has 1 amide bonds. The number of nitrogens with one attached hydrogen (secondary N) is 1. The number of carbonyl (C=O) groups is 1. The molecule has 3 aromatic rings. The summed E-state index contributed by atoms with van der Waals surface area (Å²) in [6.45, 7) is 8.11. The van der Waals surface area contributed by atoms with Crippen LogP contribution in [-0.4, -0.2) is 37.0 Å². The molecule has 1 fully saturated rings. The van der Waals surface area contributed by atoms with E-state index in [9.17, 15) is 9.59 Å². The quantitative estimate of drug-likeness (QED) is 0.594. The summed E-state index contributed by atoms with van der Waals surface area (Å²) in [5.41, 5.74) is 2.17. The van der Waals surface area contributed by atoms with Gasteiger partial charge in [-0.2, -0.15) is 0 Å². The van der Waals surface area contributed by atoms with Gasteiger partial charge in [0.15, 0.2) is 0 Å². The fourth-order valence-corrected chi connectivity index (χ4v) is 4.24. The summed E-state index contributed by atoms with van der Waals surface area (Å²) in [6.07, 6.45) is 3.36. The maximum absolute atomic E-state index is 13.0. The molecule has 0 bridgehead atoms. The second kappa shape index (κ2) is 9.48. The van der Waals surface area contributed by atoms with E-state index in [0.717, 1.165) is 48.5 Å². The van der Waals surface area contributed by atoms with Crippen LogP contribution in [0.4, 0.5) is 0 Å². The molecule has 1 aliphatic rings. The second-order valence-electron chi connectivity index (χ2n) is 8.64. The summed E-state index contributed by atoms with van der Waals surface area (Å²) in [5.74, 6) is 0.553. The van der Waals surface area contributed by atoms with Gasteiger partial charge in [0.1, 0.15) is 0 Å². The van der Waals surface area contributed by atoms with Crippen LogP contribution >= 0.6 is 0 Å². The van der Waals surface area contributed by atoms with Gasteiger partial charge in [-0.3, -0.25) is 4.79 Å². The van der Waals surface area contributed by atoms with Gasteiger partial charge in [-0.25, -0.2) is 4.79 Å². The maximum atomic E-state index is 13.0. The molecule has 1 aliphatic heterocycles. The van der Waals surface area contributed by atoms with E-state index in [0.29, 0.717) is 17.5 Å². The van der Waals surface area contributed by atoms with E-state index in [2.05, 4.69) is 17.1 Å². The number of likely N-dealkylation sites (tertiary alicyclic amines) is 1. The zero-order valence-electron chi connectivity index (χ0n) is 18.3. The molecule has 1 N–H and O–H groups in total. The van der Waals surface area contributed by atoms with Gasteiger partial charge in [0.05, 0.1) is 5.39 Å². The number of rotatable bonds is 6. The van der Waals surface area contributed by atoms with Crippen molar-refractivity contribution in [2.24, 2.45) is 5.92 Å². The lowest BCUT2D eigenvalue weighted by molar-refractivity contribution is 0.0920. The number of carbonyl (C=O) groups excluding carboxylic acids is 1. The third-order valence-electron chi connectivity index (χ3n) is 6.20. The highest BCUT2D eigenvalue weighted by Gasteiger charge is 2.21. The molecular weight excluding hydrogens is 388 g/mol. The molecule has 4 rings (SSSR count). The lowest BCUT2D eigenvalue weighted by Gasteiger charge is -2.30. The van der Waals surface area contributed by atoms with Crippen LogP contribution in [0.5, 0.6) is 0 Å². The van der Waals surface area contributed by atoms with E-state index < -0.39 is 5.63 Å². The van der Waals surface area contributed by atoms with Crippen molar-refractivity contribution in [3.8, 4) is 11.1 Å². The molecule has 0 saturated carbocycles. The Kier molecular flexibility index (Phi) is 6.52. The Morgan fingerprint density at radius 1 is 1.06 bits per heavy atom. The monoisotopic (exact) mass is 418 g/mol. The largest absolute Gasteiger partial charge is 0.416 e. The number of hydrogen-bond acceptors (Lipinski definition) is 4. The molecule has 5 heteroatoms. The number of benzene rings is 2. The van der Waals surface area contributed by atoms with Gasteiger partial charge < -0.3 is 14.6 Å². The van der Waals surface area contributed by atoms with E-state index in [4.69, 9.17) is 4.42 Å². The van der Waals surface area contributed by atoms with Gasteiger partial charge in [0.2, 0.25) is 5.76 Å². The summed E-state index contributed by atoms with van der Waals surface area (Å²) in [6, 6.07) is 15.2. The van der Waals surface area contributed by atoms with Gasteiger partial charge in [0, 0.05) is 17.5 Å². The highest BCUT2D eigenvalue weighted by molar-refractivity contribution is 6.07. The van der Waals surface area contributed by atoms with Crippen LogP contribution in [0, 0.1) is 12.8 Å². The third-order valence-corrected chi connectivity index (χ3v) is 6.20. The van der Waals surface area contributed by atoms with Crippen molar-refractivity contribution in [2.75, 3.05) is 26.2 Å². The zero-order valence-corrected chi connectivity index (χ0v) is 18.3. The Balaban J connectivity index is 1.55. The van der Waals surface area contributed by atoms with Crippen molar-refractivity contribution in [1.29, 1.82) is 0 Å². The highest BCUT2D eigenvalue weighted by atomic mass is 16.4. The number of piperidine rings is 1. The molecule has 1 aromatic heterocycles. The molecule has 0 aliphatic carbocycles. The van der Waals surface area contributed by atoms with Gasteiger partial charge >= 0.3 is 5.63 Å². The van der Waals surface area contributed by atoms with Crippen LogP contribution in [0.25, 0.3) is 21.9 Å². The van der Waals surface area contributed by atoms with Crippen molar-refractivity contribution in [2.45, 2.75) is 33.1 Å². The average Bonchev–Trinajstić information content (AvgIpc) is 2.78. The molecule has 2 aromatic carbocycles. The summed E-state index contributed by atoms with van der Waals surface area (Å²) in [5, 5.41) is 4.17. The summed E-state index contributed by atoms with van der Waals surface area (Å²) in [4.78, 5) is 28.0. The third kappa shape index (κ3) is 4.88. The van der Waals surface area contributed by atoms with Crippen molar-refractivity contribution >= 4 is 16.7 Å². The molecule has 1 saturated heterocycles. The number of nitrogens with zero attached hydrogens (tertiary/aromatic N) is 1. The first-order chi connectivity index (χ1) is 15.0. The van der Waals surface area contributed by atoms with Crippen LogP contribution < -0.4 is 10.9 Å². The molecule has 0 unspecified atom stereocenters. The van der Waals surface area contributed by atoms with Gasteiger partial charge in [0.25, 0.3) is 5.91 Å². The minimum atomic E-state index is -0.487.